The fraction of sp³-hybridized carbons (Fsp3) is 0.286. The van der Waals surface area contributed by atoms with E-state index in [-0.39, 0.29) is 10.6 Å². The molecule has 0 aliphatic rings. The van der Waals surface area contributed by atoms with Gasteiger partial charge in [0.05, 0.1) is 16.3 Å². The minimum Gasteiger partial charge on any atom is -0.477 e. The van der Waals surface area contributed by atoms with E-state index in [1.807, 2.05) is 13.8 Å². The van der Waals surface area contributed by atoms with Gasteiger partial charge in [-0.25, -0.2) is 17.9 Å². The van der Waals surface area contributed by atoms with Crippen molar-refractivity contribution in [3.05, 3.63) is 41.7 Å². The van der Waals surface area contributed by atoms with Crippen molar-refractivity contribution in [2.45, 2.75) is 25.7 Å². The highest BCUT2D eigenvalue weighted by atomic mass is 32.2. The number of hydrogen-bond acceptors (Lipinski definition) is 4. The van der Waals surface area contributed by atoms with Gasteiger partial charge < -0.3 is 5.11 Å². The molecule has 2 aromatic rings. The lowest BCUT2D eigenvalue weighted by Gasteiger charge is -2.05. The van der Waals surface area contributed by atoms with Crippen molar-refractivity contribution in [2.75, 3.05) is 6.26 Å². The summed E-state index contributed by atoms with van der Waals surface area (Å²) in [5.74, 6) is -1.09. The van der Waals surface area contributed by atoms with Crippen LogP contribution in [0.15, 0.2) is 35.2 Å². The number of sulfone groups is 1. The molecule has 0 aliphatic carbocycles. The Hall–Kier alpha value is -2.15. The summed E-state index contributed by atoms with van der Waals surface area (Å²) < 4.78 is 24.0. The van der Waals surface area contributed by atoms with E-state index < -0.39 is 15.8 Å². The lowest BCUT2D eigenvalue weighted by Crippen LogP contribution is -2.08. The first-order chi connectivity index (χ1) is 9.79. The number of rotatable bonds is 3. The molecule has 1 aromatic heterocycles. The quantitative estimate of drug-likeness (QED) is 0.939. The fourth-order valence-electron chi connectivity index (χ4n) is 1.68. The standard InChI is InChI=1S/C12H12N2O4S.C2H6/c1-8-7-11(12(15)16)14(13-8)9-3-5-10(6-4-9)19(2,17)18;1-2/h3-7H,1-2H3,(H,15,16);1-2H3. The molecule has 114 valence electrons. The SMILES string of the molecule is CC.Cc1cc(C(=O)O)n(-c2ccc(S(C)(=O)=O)cc2)n1. The Balaban J connectivity index is 0.00000106. The Morgan fingerprint density at radius 1 is 1.19 bits per heavy atom. The summed E-state index contributed by atoms with van der Waals surface area (Å²) in [6, 6.07) is 7.35. The van der Waals surface area contributed by atoms with E-state index >= 15 is 0 Å². The Morgan fingerprint density at radius 2 is 1.71 bits per heavy atom. The molecule has 7 heteroatoms. The van der Waals surface area contributed by atoms with Crippen molar-refractivity contribution < 1.29 is 18.3 Å². The summed E-state index contributed by atoms with van der Waals surface area (Å²) in [5.41, 5.74) is 1.10. The van der Waals surface area contributed by atoms with Crippen molar-refractivity contribution >= 4 is 15.8 Å². The summed E-state index contributed by atoms with van der Waals surface area (Å²) in [7, 11) is -3.27. The Labute approximate surface area is 124 Å². The summed E-state index contributed by atoms with van der Waals surface area (Å²) >= 11 is 0. The highest BCUT2D eigenvalue weighted by Gasteiger charge is 2.14. The van der Waals surface area contributed by atoms with E-state index in [1.54, 1.807) is 6.92 Å². The smallest absolute Gasteiger partial charge is 0.354 e. The molecule has 1 aromatic carbocycles. The van der Waals surface area contributed by atoms with E-state index in [9.17, 15) is 13.2 Å². The number of nitrogens with zero attached hydrogens (tertiary/aromatic N) is 2. The van der Waals surface area contributed by atoms with Crippen LogP contribution >= 0.6 is 0 Å². The predicted molar refractivity (Wildman–Crippen MR) is 79.7 cm³/mol. The van der Waals surface area contributed by atoms with Crippen LogP contribution in [0.5, 0.6) is 0 Å². The van der Waals surface area contributed by atoms with Crippen LogP contribution < -0.4 is 0 Å². The molecule has 0 amide bonds. The van der Waals surface area contributed by atoms with Gasteiger partial charge in [0.15, 0.2) is 15.5 Å². The number of aryl methyl sites for hydroxylation is 1. The summed E-state index contributed by atoms with van der Waals surface area (Å²) in [4.78, 5) is 11.3. The van der Waals surface area contributed by atoms with Crippen LogP contribution in [0.3, 0.4) is 0 Å². The number of aromatic nitrogens is 2. The molecule has 0 saturated heterocycles. The zero-order valence-corrected chi connectivity index (χ0v) is 13.2. The molecular weight excluding hydrogens is 292 g/mol. The van der Waals surface area contributed by atoms with Crippen molar-refractivity contribution in [3.63, 3.8) is 0 Å². The van der Waals surface area contributed by atoms with Gasteiger partial charge in [-0.15, -0.1) is 0 Å². The average Bonchev–Trinajstić information content (AvgIpc) is 2.82. The zero-order valence-electron chi connectivity index (χ0n) is 12.4. The van der Waals surface area contributed by atoms with E-state index in [2.05, 4.69) is 5.10 Å². The van der Waals surface area contributed by atoms with Gasteiger partial charge in [0.2, 0.25) is 0 Å². The van der Waals surface area contributed by atoms with Gasteiger partial charge in [0, 0.05) is 6.26 Å². The first-order valence-corrected chi connectivity index (χ1v) is 8.28. The second-order valence-corrected chi connectivity index (χ2v) is 6.17. The summed E-state index contributed by atoms with van der Waals surface area (Å²) in [6.45, 7) is 5.69. The molecule has 0 atom stereocenters. The van der Waals surface area contributed by atoms with Crippen LogP contribution in [-0.2, 0) is 9.84 Å². The van der Waals surface area contributed by atoms with Crippen LogP contribution in [0.1, 0.15) is 30.0 Å². The van der Waals surface area contributed by atoms with E-state index in [1.165, 1.54) is 35.0 Å². The Morgan fingerprint density at radius 3 is 2.14 bits per heavy atom. The number of carboxylic acid groups (broad SMARTS) is 1. The van der Waals surface area contributed by atoms with Crippen molar-refractivity contribution in [2.24, 2.45) is 0 Å². The van der Waals surface area contributed by atoms with E-state index in [0.717, 1.165) is 6.26 Å². The molecule has 1 N–H and O–H groups in total. The van der Waals surface area contributed by atoms with Crippen LogP contribution in [0.2, 0.25) is 0 Å². The van der Waals surface area contributed by atoms with Gasteiger partial charge in [-0.3, -0.25) is 0 Å². The van der Waals surface area contributed by atoms with Gasteiger partial charge >= 0.3 is 5.97 Å². The third kappa shape index (κ3) is 3.91. The van der Waals surface area contributed by atoms with Gasteiger partial charge in [-0.2, -0.15) is 5.10 Å². The van der Waals surface area contributed by atoms with E-state index in [0.29, 0.717) is 11.4 Å². The maximum absolute atomic E-state index is 11.3. The van der Waals surface area contributed by atoms with Gasteiger partial charge in [0.25, 0.3) is 0 Å². The lowest BCUT2D eigenvalue weighted by atomic mass is 10.3. The third-order valence-corrected chi connectivity index (χ3v) is 3.69. The van der Waals surface area contributed by atoms with Crippen LogP contribution in [0.25, 0.3) is 5.69 Å². The normalized spacial score (nSPS) is 10.7. The third-order valence-electron chi connectivity index (χ3n) is 2.56. The Bertz CT molecular complexity index is 731. The molecule has 21 heavy (non-hydrogen) atoms. The fourth-order valence-corrected chi connectivity index (χ4v) is 2.31. The van der Waals surface area contributed by atoms with E-state index in [4.69, 9.17) is 5.11 Å². The summed E-state index contributed by atoms with van der Waals surface area (Å²) in [5, 5.41) is 13.1. The maximum Gasteiger partial charge on any atom is 0.354 e. The number of hydrogen-bond donors (Lipinski definition) is 1. The number of carbonyl (C=O) groups is 1. The predicted octanol–water partition coefficient (Wildman–Crippen LogP) is 2.31. The Kier molecular flexibility index (Phi) is 5.26. The molecule has 0 aliphatic heterocycles. The highest BCUT2D eigenvalue weighted by Crippen LogP contribution is 2.16. The first-order valence-electron chi connectivity index (χ1n) is 6.39. The van der Waals surface area contributed by atoms with Gasteiger partial charge in [-0.1, -0.05) is 13.8 Å². The molecule has 0 bridgehead atoms. The van der Waals surface area contributed by atoms with Crippen molar-refractivity contribution in [1.29, 1.82) is 0 Å². The van der Waals surface area contributed by atoms with Crippen molar-refractivity contribution in [3.8, 4) is 5.69 Å². The molecule has 0 saturated carbocycles. The average molecular weight is 310 g/mol. The molecule has 0 fully saturated rings. The highest BCUT2D eigenvalue weighted by molar-refractivity contribution is 7.90. The number of carboxylic acids is 1. The molecule has 2 rings (SSSR count). The van der Waals surface area contributed by atoms with Crippen LogP contribution in [0.4, 0.5) is 0 Å². The minimum atomic E-state index is -3.27. The monoisotopic (exact) mass is 310 g/mol. The van der Waals surface area contributed by atoms with Crippen LogP contribution in [0, 0.1) is 6.92 Å². The lowest BCUT2D eigenvalue weighted by molar-refractivity contribution is 0.0687. The second-order valence-electron chi connectivity index (χ2n) is 4.15. The summed E-state index contributed by atoms with van der Waals surface area (Å²) in [6.07, 6.45) is 1.11. The molecule has 0 unspecified atom stereocenters. The molecular formula is C14H18N2O4S. The van der Waals surface area contributed by atoms with Crippen molar-refractivity contribution in [1.82, 2.24) is 9.78 Å². The largest absolute Gasteiger partial charge is 0.477 e. The van der Waals surface area contributed by atoms with Gasteiger partial charge in [0.1, 0.15) is 0 Å². The second kappa shape index (κ2) is 6.53. The molecule has 0 radical (unpaired) electrons. The minimum absolute atomic E-state index is 0.0320. The maximum atomic E-state index is 11.3. The zero-order chi connectivity index (χ0) is 16.2. The molecule has 6 nitrogen and oxygen atoms in total. The number of aromatic carboxylic acids is 1. The number of benzene rings is 1. The molecule has 1 heterocycles. The topological polar surface area (TPSA) is 89.3 Å². The molecule has 0 spiro atoms. The first kappa shape index (κ1) is 16.9. The van der Waals surface area contributed by atoms with Gasteiger partial charge in [-0.05, 0) is 37.3 Å². The van der Waals surface area contributed by atoms with Crippen LogP contribution in [-0.4, -0.2) is 35.5 Å².